The van der Waals surface area contributed by atoms with Crippen molar-refractivity contribution in [3.63, 3.8) is 0 Å². The van der Waals surface area contributed by atoms with E-state index in [1.54, 1.807) is 75.7 Å². The van der Waals surface area contributed by atoms with E-state index in [9.17, 15) is 33.6 Å². The fourth-order valence-corrected chi connectivity index (χ4v) is 7.10. The SMILES string of the molecule is CCCCN(Cc1ccc(C(=O)NO)cc1)C(=O)Nc1ccc(NC(=O)CCCc2cn(CCOCCOCCNc3cccc4c3C(=O)N(C3CCC(=O)NC3=O)C4=O)nn2)cc1. The van der Waals surface area contributed by atoms with E-state index in [2.05, 4.69) is 31.6 Å². The van der Waals surface area contributed by atoms with Crippen LogP contribution in [-0.2, 0) is 43.4 Å². The number of unbranched alkanes of at least 4 members (excludes halogenated alkanes) is 1. The van der Waals surface area contributed by atoms with Crippen LogP contribution in [0.5, 0.6) is 0 Å². The minimum Gasteiger partial charge on any atom is -0.382 e. The van der Waals surface area contributed by atoms with Crippen molar-refractivity contribution in [3.8, 4) is 0 Å². The van der Waals surface area contributed by atoms with Gasteiger partial charge >= 0.3 is 6.03 Å². The Balaban J connectivity index is 0.822. The number of nitrogens with one attached hydrogen (secondary N) is 5. The molecule has 0 radical (unpaired) electrons. The molecule has 20 heteroatoms. The van der Waals surface area contributed by atoms with E-state index in [1.807, 2.05) is 13.1 Å². The number of aryl methyl sites for hydroxylation is 1. The topological polar surface area (TPSA) is 256 Å². The number of imide groups is 2. The summed E-state index contributed by atoms with van der Waals surface area (Å²) in [7, 11) is 0. The average Bonchev–Trinajstić information content (AvgIpc) is 3.85. The Labute approximate surface area is 369 Å². The van der Waals surface area contributed by atoms with Crippen molar-refractivity contribution in [2.24, 2.45) is 0 Å². The molecule has 20 nitrogen and oxygen atoms in total. The first-order chi connectivity index (χ1) is 31.0. The highest BCUT2D eigenvalue weighted by Gasteiger charge is 2.45. The van der Waals surface area contributed by atoms with Crippen molar-refractivity contribution in [2.45, 2.75) is 71.0 Å². The lowest BCUT2D eigenvalue weighted by atomic mass is 10.0. The molecule has 1 saturated heterocycles. The second-order valence-electron chi connectivity index (χ2n) is 15.1. The number of ether oxygens (including phenoxy) is 2. The van der Waals surface area contributed by atoms with Crippen molar-refractivity contribution in [1.82, 2.24) is 35.6 Å². The second-order valence-corrected chi connectivity index (χ2v) is 15.1. The molecular weight excluding hydrogens is 829 g/mol. The summed E-state index contributed by atoms with van der Waals surface area (Å²) >= 11 is 0. The summed E-state index contributed by atoms with van der Waals surface area (Å²) < 4.78 is 13.0. The molecule has 6 N–H and O–H groups in total. The molecule has 8 amide bonds. The van der Waals surface area contributed by atoms with E-state index in [0.29, 0.717) is 88.1 Å². The summed E-state index contributed by atoms with van der Waals surface area (Å²) in [5, 5.41) is 28.3. The van der Waals surface area contributed by atoms with Gasteiger partial charge in [0.05, 0.1) is 49.8 Å². The summed E-state index contributed by atoms with van der Waals surface area (Å²) in [5.41, 5.74) is 5.50. The Morgan fingerprint density at radius 2 is 1.62 bits per heavy atom. The molecule has 1 aromatic heterocycles. The van der Waals surface area contributed by atoms with Gasteiger partial charge in [0, 0.05) is 61.3 Å². The van der Waals surface area contributed by atoms with Crippen LogP contribution >= 0.6 is 0 Å². The van der Waals surface area contributed by atoms with Gasteiger partial charge < -0.3 is 30.3 Å². The van der Waals surface area contributed by atoms with E-state index in [4.69, 9.17) is 14.7 Å². The summed E-state index contributed by atoms with van der Waals surface area (Å²) in [6.07, 6.45) is 5.07. The summed E-state index contributed by atoms with van der Waals surface area (Å²) in [6, 6.07) is 17.1. The van der Waals surface area contributed by atoms with E-state index in [-0.39, 0.29) is 42.3 Å². The van der Waals surface area contributed by atoms with Crippen LogP contribution in [0.1, 0.15) is 87.8 Å². The lowest BCUT2D eigenvalue weighted by molar-refractivity contribution is -0.136. The average molecular weight is 881 g/mol. The van der Waals surface area contributed by atoms with Crippen LogP contribution in [0.3, 0.4) is 0 Å². The van der Waals surface area contributed by atoms with Gasteiger partial charge in [-0.3, -0.25) is 44.2 Å². The van der Waals surface area contributed by atoms with Gasteiger partial charge in [-0.1, -0.05) is 36.8 Å². The third-order valence-electron chi connectivity index (χ3n) is 10.5. The van der Waals surface area contributed by atoms with Crippen LogP contribution in [0.2, 0.25) is 0 Å². The zero-order chi connectivity index (χ0) is 45.4. The number of amides is 8. The van der Waals surface area contributed by atoms with Gasteiger partial charge in [0.25, 0.3) is 17.7 Å². The number of urea groups is 1. The normalized spacial score (nSPS) is 14.5. The van der Waals surface area contributed by atoms with Crippen molar-refractivity contribution in [3.05, 3.63) is 101 Å². The number of benzene rings is 3. The molecule has 2 aliphatic heterocycles. The minimum atomic E-state index is -1.03. The molecule has 1 atom stereocenters. The minimum absolute atomic E-state index is 0.0482. The van der Waals surface area contributed by atoms with Gasteiger partial charge in [-0.05, 0) is 79.8 Å². The quantitative estimate of drug-likeness (QED) is 0.0269. The molecule has 0 aliphatic carbocycles. The molecule has 64 heavy (non-hydrogen) atoms. The number of rotatable bonds is 23. The number of aromatic nitrogens is 3. The number of fused-ring (bicyclic) bond motifs is 1. The fourth-order valence-electron chi connectivity index (χ4n) is 7.10. The van der Waals surface area contributed by atoms with Crippen molar-refractivity contribution in [2.75, 3.05) is 55.5 Å². The lowest BCUT2D eigenvalue weighted by Crippen LogP contribution is -2.54. The number of carbonyl (C=O) groups is 7. The molecule has 0 bridgehead atoms. The van der Waals surface area contributed by atoms with Crippen LogP contribution in [0.4, 0.5) is 21.9 Å². The number of piperidine rings is 1. The third-order valence-corrected chi connectivity index (χ3v) is 10.5. The number of hydroxylamine groups is 1. The van der Waals surface area contributed by atoms with Crippen LogP contribution in [-0.4, -0.2) is 117 Å². The number of anilines is 3. The first kappa shape index (κ1) is 46.5. The molecule has 338 valence electrons. The van der Waals surface area contributed by atoms with E-state index in [0.717, 1.165) is 29.0 Å². The monoisotopic (exact) mass is 880 g/mol. The predicted molar refractivity (Wildman–Crippen MR) is 231 cm³/mol. The van der Waals surface area contributed by atoms with E-state index >= 15 is 0 Å². The van der Waals surface area contributed by atoms with Crippen LogP contribution in [0, 0.1) is 0 Å². The zero-order valence-corrected chi connectivity index (χ0v) is 35.5. The summed E-state index contributed by atoms with van der Waals surface area (Å²) in [4.78, 5) is 90.3. The smallest absolute Gasteiger partial charge is 0.322 e. The molecule has 2 aliphatic rings. The maximum absolute atomic E-state index is 13.2. The molecule has 6 rings (SSSR count). The number of hydrogen-bond acceptors (Lipinski definition) is 13. The predicted octanol–water partition coefficient (Wildman–Crippen LogP) is 3.74. The Kier molecular flexibility index (Phi) is 16.6. The highest BCUT2D eigenvalue weighted by molar-refractivity contribution is 6.25. The van der Waals surface area contributed by atoms with Crippen molar-refractivity contribution in [1.29, 1.82) is 0 Å². The number of carbonyl (C=O) groups excluding carboxylic acids is 7. The van der Waals surface area contributed by atoms with Crippen LogP contribution in [0.25, 0.3) is 0 Å². The zero-order valence-electron chi connectivity index (χ0n) is 35.5. The molecule has 3 heterocycles. The first-order valence-corrected chi connectivity index (χ1v) is 21.2. The molecular formula is C44H52N10O10. The standard InChI is InChI=1S/C44H52N10O10/c1-2-3-21-52(27-29-10-12-30(13-11-29)40(57)50-62)44(61)47-32-16-14-31(15-17-32)46-37(55)9-4-6-33-28-53(51-49-33)22-24-64-26-25-63-23-20-45-35-8-5-7-34-39(35)43(60)54(42(34)59)36-18-19-38(56)48-41(36)58/h5,7-8,10-17,28,36,45,62H,2-4,6,9,18-27H2,1H3,(H,46,55)(H,47,61)(H,50,57)(H,48,56,58). The van der Waals surface area contributed by atoms with Gasteiger partial charge in [-0.15, -0.1) is 5.10 Å². The Morgan fingerprint density at radius 3 is 2.34 bits per heavy atom. The number of hydrogen-bond donors (Lipinski definition) is 6. The summed E-state index contributed by atoms with van der Waals surface area (Å²) in [5.74, 6) is -3.00. The molecule has 1 fully saturated rings. The van der Waals surface area contributed by atoms with Crippen molar-refractivity contribution >= 4 is 58.5 Å². The van der Waals surface area contributed by atoms with E-state index < -0.39 is 35.6 Å². The molecule has 1 unspecified atom stereocenters. The molecule has 4 aromatic rings. The maximum Gasteiger partial charge on any atom is 0.322 e. The highest BCUT2D eigenvalue weighted by atomic mass is 16.5. The van der Waals surface area contributed by atoms with Crippen LogP contribution in [0.15, 0.2) is 72.9 Å². The largest absolute Gasteiger partial charge is 0.382 e. The van der Waals surface area contributed by atoms with Gasteiger partial charge in [0.1, 0.15) is 6.04 Å². The second kappa shape index (κ2) is 22.9. The Morgan fingerprint density at radius 1 is 0.891 bits per heavy atom. The van der Waals surface area contributed by atoms with Gasteiger partial charge in [0.2, 0.25) is 17.7 Å². The van der Waals surface area contributed by atoms with Gasteiger partial charge in [-0.25, -0.2) is 15.0 Å². The molecule has 0 saturated carbocycles. The first-order valence-electron chi connectivity index (χ1n) is 21.2. The maximum atomic E-state index is 13.2. The number of nitrogens with zero attached hydrogens (tertiary/aromatic N) is 5. The summed E-state index contributed by atoms with van der Waals surface area (Å²) in [6.45, 7) is 5.09. The van der Waals surface area contributed by atoms with E-state index in [1.165, 1.54) is 6.07 Å². The molecule has 0 spiro atoms. The molecule has 3 aromatic carbocycles. The van der Waals surface area contributed by atoms with Gasteiger partial charge in [0.15, 0.2) is 0 Å². The van der Waals surface area contributed by atoms with Gasteiger partial charge in [-0.2, -0.15) is 0 Å². The highest BCUT2D eigenvalue weighted by Crippen LogP contribution is 2.32. The third kappa shape index (κ3) is 12.5. The Hall–Kier alpha value is -7.03. The van der Waals surface area contributed by atoms with Crippen molar-refractivity contribution < 1.29 is 48.2 Å². The lowest BCUT2D eigenvalue weighted by Gasteiger charge is -2.27. The Bertz CT molecular complexity index is 2300. The fraction of sp³-hybridized carbons (Fsp3) is 0.386. The van der Waals surface area contributed by atoms with Crippen LogP contribution < -0.4 is 26.7 Å².